The normalized spacial score (nSPS) is 15.1. The molecule has 3 rings (SSSR count). The van der Waals surface area contributed by atoms with Crippen LogP contribution >= 0.6 is 0 Å². The zero-order chi connectivity index (χ0) is 17.3. The van der Waals surface area contributed by atoms with Gasteiger partial charge in [0.15, 0.2) is 5.58 Å². The average Bonchev–Trinajstić information content (AvgIpc) is 2.99. The van der Waals surface area contributed by atoms with Crippen LogP contribution in [0.15, 0.2) is 33.5 Å². The Morgan fingerprint density at radius 3 is 2.29 bits per heavy atom. The highest BCUT2D eigenvalue weighted by Crippen LogP contribution is 2.15. The Labute approximate surface area is 137 Å². The number of unbranched alkanes of at least 4 members (excludes halogenated alkanes) is 1. The quantitative estimate of drug-likeness (QED) is 0.585. The third-order valence-electron chi connectivity index (χ3n) is 3.99. The van der Waals surface area contributed by atoms with Crippen molar-refractivity contribution in [3.8, 4) is 0 Å². The SMILES string of the molecule is CCCCN1C(=O)C(=O)N(CCn2c(=O)oc3ccccc32)C1=O. The lowest BCUT2D eigenvalue weighted by molar-refractivity contribution is -0.143. The number of oxazole rings is 1. The molecule has 1 saturated heterocycles. The fraction of sp³-hybridized carbons (Fsp3) is 0.375. The zero-order valence-corrected chi connectivity index (χ0v) is 13.2. The Morgan fingerprint density at radius 2 is 1.58 bits per heavy atom. The maximum absolute atomic E-state index is 12.2. The van der Waals surface area contributed by atoms with Gasteiger partial charge in [0, 0.05) is 19.6 Å². The van der Waals surface area contributed by atoms with Crippen LogP contribution in [0.5, 0.6) is 0 Å². The molecule has 0 N–H and O–H groups in total. The molecule has 1 aromatic heterocycles. The van der Waals surface area contributed by atoms with Gasteiger partial charge in [-0.05, 0) is 18.6 Å². The molecule has 4 amide bonds. The van der Waals surface area contributed by atoms with Gasteiger partial charge in [-0.15, -0.1) is 0 Å². The van der Waals surface area contributed by atoms with Crippen molar-refractivity contribution in [1.29, 1.82) is 0 Å². The Kier molecular flexibility index (Phi) is 4.20. The van der Waals surface area contributed by atoms with Gasteiger partial charge < -0.3 is 4.42 Å². The molecule has 0 spiro atoms. The van der Waals surface area contributed by atoms with Crippen LogP contribution in [0.2, 0.25) is 0 Å². The second-order valence-electron chi connectivity index (χ2n) is 5.54. The maximum atomic E-state index is 12.2. The molecule has 0 radical (unpaired) electrons. The summed E-state index contributed by atoms with van der Waals surface area (Å²) in [6, 6.07) is 6.25. The summed E-state index contributed by atoms with van der Waals surface area (Å²) >= 11 is 0. The van der Waals surface area contributed by atoms with Gasteiger partial charge in [0.05, 0.1) is 5.52 Å². The molecular formula is C16H17N3O5. The minimum Gasteiger partial charge on any atom is -0.408 e. The van der Waals surface area contributed by atoms with Crippen molar-refractivity contribution in [2.75, 3.05) is 13.1 Å². The van der Waals surface area contributed by atoms with Crippen LogP contribution in [0.3, 0.4) is 0 Å². The van der Waals surface area contributed by atoms with Crippen LogP contribution in [-0.2, 0) is 16.1 Å². The summed E-state index contributed by atoms with van der Waals surface area (Å²) in [7, 11) is 0. The summed E-state index contributed by atoms with van der Waals surface area (Å²) in [5.74, 6) is -2.22. The van der Waals surface area contributed by atoms with Crippen LogP contribution < -0.4 is 5.76 Å². The number of benzene rings is 1. The van der Waals surface area contributed by atoms with Gasteiger partial charge >= 0.3 is 23.6 Å². The summed E-state index contributed by atoms with van der Waals surface area (Å²) in [6.07, 6.45) is 1.45. The standard InChI is InChI=1S/C16H17N3O5/c1-2-3-8-18-13(20)14(21)19(15(18)22)10-9-17-11-6-4-5-7-12(11)24-16(17)23/h4-7H,2-3,8-10H2,1H3. The molecular weight excluding hydrogens is 314 g/mol. The number of amides is 4. The van der Waals surface area contributed by atoms with Crippen LogP contribution in [0.1, 0.15) is 19.8 Å². The van der Waals surface area contributed by atoms with Gasteiger partial charge in [0.25, 0.3) is 0 Å². The fourth-order valence-electron chi connectivity index (χ4n) is 2.69. The predicted octanol–water partition coefficient (Wildman–Crippen LogP) is 1.19. The molecule has 0 atom stereocenters. The van der Waals surface area contributed by atoms with Gasteiger partial charge in [0.1, 0.15) is 0 Å². The highest BCUT2D eigenvalue weighted by molar-refractivity contribution is 6.44. The third kappa shape index (κ3) is 2.60. The summed E-state index contributed by atoms with van der Waals surface area (Å²) in [4.78, 5) is 49.9. The Bertz CT molecular complexity index is 866. The van der Waals surface area contributed by atoms with Crippen molar-refractivity contribution in [1.82, 2.24) is 14.4 Å². The number of carbonyl (C=O) groups is 3. The first-order chi connectivity index (χ1) is 11.5. The van der Waals surface area contributed by atoms with E-state index in [4.69, 9.17) is 4.42 Å². The smallest absolute Gasteiger partial charge is 0.408 e. The molecule has 1 fully saturated rings. The molecule has 1 aromatic carbocycles. The molecule has 8 heteroatoms. The highest BCUT2D eigenvalue weighted by atomic mass is 16.4. The monoisotopic (exact) mass is 331 g/mol. The van der Waals surface area contributed by atoms with E-state index in [0.717, 1.165) is 16.2 Å². The molecule has 24 heavy (non-hydrogen) atoms. The number of imide groups is 2. The predicted molar refractivity (Wildman–Crippen MR) is 84.2 cm³/mol. The van der Waals surface area contributed by atoms with Gasteiger partial charge in [-0.1, -0.05) is 25.5 Å². The van der Waals surface area contributed by atoms with E-state index in [0.29, 0.717) is 17.5 Å². The van der Waals surface area contributed by atoms with E-state index < -0.39 is 23.6 Å². The number of fused-ring (bicyclic) bond motifs is 1. The largest absolute Gasteiger partial charge is 0.420 e. The van der Waals surface area contributed by atoms with E-state index in [9.17, 15) is 19.2 Å². The number of rotatable bonds is 6. The lowest BCUT2D eigenvalue weighted by Crippen LogP contribution is -2.36. The Morgan fingerprint density at radius 1 is 0.917 bits per heavy atom. The molecule has 0 bridgehead atoms. The molecule has 0 unspecified atom stereocenters. The molecule has 2 heterocycles. The van der Waals surface area contributed by atoms with Crippen molar-refractivity contribution in [3.05, 3.63) is 34.8 Å². The molecule has 0 aliphatic carbocycles. The van der Waals surface area contributed by atoms with Crippen molar-refractivity contribution < 1.29 is 18.8 Å². The lowest BCUT2D eigenvalue weighted by atomic mass is 10.3. The fourth-order valence-corrected chi connectivity index (χ4v) is 2.69. The Balaban J connectivity index is 1.77. The topological polar surface area (TPSA) is 92.8 Å². The number of nitrogens with zero attached hydrogens (tertiary/aromatic N) is 3. The molecule has 8 nitrogen and oxygen atoms in total. The van der Waals surface area contributed by atoms with Crippen molar-refractivity contribution in [2.24, 2.45) is 0 Å². The number of para-hydroxylation sites is 2. The number of aromatic nitrogens is 1. The Hall–Kier alpha value is -2.90. The van der Waals surface area contributed by atoms with Crippen LogP contribution in [0.4, 0.5) is 4.79 Å². The van der Waals surface area contributed by atoms with E-state index in [1.54, 1.807) is 24.3 Å². The van der Waals surface area contributed by atoms with E-state index in [1.807, 2.05) is 6.92 Å². The number of urea groups is 1. The summed E-state index contributed by atoms with van der Waals surface area (Å²) in [5, 5.41) is 0. The average molecular weight is 331 g/mol. The molecule has 126 valence electrons. The second-order valence-corrected chi connectivity index (χ2v) is 5.54. The van der Waals surface area contributed by atoms with E-state index in [1.165, 1.54) is 4.57 Å². The number of hydrogen-bond donors (Lipinski definition) is 0. The highest BCUT2D eigenvalue weighted by Gasteiger charge is 2.43. The van der Waals surface area contributed by atoms with Gasteiger partial charge in [-0.25, -0.2) is 9.59 Å². The molecule has 2 aromatic rings. The van der Waals surface area contributed by atoms with Crippen molar-refractivity contribution in [2.45, 2.75) is 26.3 Å². The maximum Gasteiger partial charge on any atom is 0.420 e. The number of hydrogen-bond acceptors (Lipinski definition) is 5. The van der Waals surface area contributed by atoms with Gasteiger partial charge in [0.2, 0.25) is 0 Å². The number of carbonyl (C=O) groups excluding carboxylic acids is 3. The van der Waals surface area contributed by atoms with Crippen molar-refractivity contribution >= 4 is 28.9 Å². The first-order valence-corrected chi connectivity index (χ1v) is 7.80. The molecule has 1 aliphatic heterocycles. The summed E-state index contributed by atoms with van der Waals surface area (Å²) in [6.45, 7) is 2.17. The van der Waals surface area contributed by atoms with Gasteiger partial charge in [-0.2, -0.15) is 0 Å². The van der Waals surface area contributed by atoms with Gasteiger partial charge in [-0.3, -0.25) is 24.0 Å². The minimum atomic E-state index is -0.850. The minimum absolute atomic E-state index is 0.0601. The van der Waals surface area contributed by atoms with Crippen LogP contribution in [0, 0.1) is 0 Å². The summed E-state index contributed by atoms with van der Waals surface area (Å²) in [5.41, 5.74) is 1.01. The van der Waals surface area contributed by atoms with E-state index in [-0.39, 0.29) is 19.6 Å². The first-order valence-electron chi connectivity index (χ1n) is 7.80. The van der Waals surface area contributed by atoms with Crippen molar-refractivity contribution in [3.63, 3.8) is 0 Å². The van der Waals surface area contributed by atoms with Crippen LogP contribution in [-0.4, -0.2) is 45.3 Å². The molecule has 1 aliphatic rings. The lowest BCUT2D eigenvalue weighted by Gasteiger charge is -2.15. The van der Waals surface area contributed by atoms with Crippen LogP contribution in [0.25, 0.3) is 11.1 Å². The van der Waals surface area contributed by atoms with E-state index in [2.05, 4.69) is 0 Å². The summed E-state index contributed by atoms with van der Waals surface area (Å²) < 4.78 is 6.45. The zero-order valence-electron chi connectivity index (χ0n) is 13.2. The molecule has 0 saturated carbocycles. The first kappa shape index (κ1) is 16.0. The second kappa shape index (κ2) is 6.31. The van der Waals surface area contributed by atoms with E-state index >= 15 is 0 Å². The third-order valence-corrected chi connectivity index (χ3v) is 3.99.